The van der Waals surface area contributed by atoms with Gasteiger partial charge in [-0.25, -0.2) is 0 Å². The Labute approximate surface area is 118 Å². The normalized spacial score (nSPS) is 14.7. The van der Waals surface area contributed by atoms with Crippen LogP contribution >= 0.6 is 0 Å². The minimum Gasteiger partial charge on any atom is -0.389 e. The van der Waals surface area contributed by atoms with Crippen molar-refractivity contribution in [2.24, 2.45) is 5.92 Å². The summed E-state index contributed by atoms with van der Waals surface area (Å²) in [4.78, 5) is 0. The number of benzene rings is 1. The maximum Gasteiger partial charge on any atom is 0.0746 e. The molecule has 2 nitrogen and oxygen atoms in total. The highest BCUT2D eigenvalue weighted by Crippen LogP contribution is 2.17. The zero-order valence-electron chi connectivity index (χ0n) is 13.3. The molecular formula is C17H29NO. The van der Waals surface area contributed by atoms with Crippen molar-refractivity contribution in [1.29, 1.82) is 0 Å². The van der Waals surface area contributed by atoms with Crippen LogP contribution in [-0.2, 0) is 6.54 Å². The van der Waals surface area contributed by atoms with Crippen LogP contribution in [0.2, 0.25) is 0 Å². The Hall–Kier alpha value is -0.860. The van der Waals surface area contributed by atoms with Crippen molar-refractivity contribution in [1.82, 2.24) is 5.32 Å². The van der Waals surface area contributed by atoms with E-state index in [0.717, 1.165) is 13.0 Å². The van der Waals surface area contributed by atoms with Crippen molar-refractivity contribution >= 4 is 0 Å². The minimum absolute atomic E-state index is 0.514. The van der Waals surface area contributed by atoms with Crippen molar-refractivity contribution in [3.63, 3.8) is 0 Å². The van der Waals surface area contributed by atoms with Gasteiger partial charge in [-0.1, -0.05) is 26.0 Å². The molecule has 0 aromatic heterocycles. The Morgan fingerprint density at radius 2 is 1.68 bits per heavy atom. The number of hydrogen-bond donors (Lipinski definition) is 2. The van der Waals surface area contributed by atoms with Crippen molar-refractivity contribution in [2.45, 2.75) is 60.1 Å². The monoisotopic (exact) mass is 263 g/mol. The van der Waals surface area contributed by atoms with Crippen molar-refractivity contribution in [3.05, 3.63) is 34.4 Å². The molecule has 0 aliphatic heterocycles. The molecule has 0 aliphatic rings. The SMILES string of the molecule is Cc1cc(C)c(CNCC(C)(O)CC(C)C)cc1C. The number of hydrogen-bond acceptors (Lipinski definition) is 2. The van der Waals surface area contributed by atoms with E-state index in [4.69, 9.17) is 0 Å². The van der Waals surface area contributed by atoms with Crippen molar-refractivity contribution < 1.29 is 5.11 Å². The zero-order chi connectivity index (χ0) is 14.6. The molecule has 19 heavy (non-hydrogen) atoms. The van der Waals surface area contributed by atoms with Gasteiger partial charge in [-0.2, -0.15) is 0 Å². The first-order valence-corrected chi connectivity index (χ1v) is 7.21. The average molecular weight is 263 g/mol. The predicted molar refractivity (Wildman–Crippen MR) is 82.4 cm³/mol. The maximum atomic E-state index is 10.3. The van der Waals surface area contributed by atoms with Crippen LogP contribution in [0.1, 0.15) is 49.4 Å². The Morgan fingerprint density at radius 3 is 2.26 bits per heavy atom. The summed E-state index contributed by atoms with van der Waals surface area (Å²) in [5.41, 5.74) is 4.69. The van der Waals surface area contributed by atoms with E-state index in [1.165, 1.54) is 22.3 Å². The van der Waals surface area contributed by atoms with Crippen molar-refractivity contribution in [3.8, 4) is 0 Å². The molecule has 0 radical (unpaired) electrons. The quantitative estimate of drug-likeness (QED) is 0.823. The smallest absolute Gasteiger partial charge is 0.0746 e. The summed E-state index contributed by atoms with van der Waals surface area (Å²) < 4.78 is 0. The Bertz CT molecular complexity index is 422. The van der Waals surface area contributed by atoms with Gasteiger partial charge in [0.05, 0.1) is 5.60 Å². The molecule has 0 fully saturated rings. The van der Waals surface area contributed by atoms with E-state index >= 15 is 0 Å². The largest absolute Gasteiger partial charge is 0.389 e. The van der Waals surface area contributed by atoms with Crippen LogP contribution < -0.4 is 5.32 Å². The summed E-state index contributed by atoms with van der Waals surface area (Å²) in [5.74, 6) is 0.514. The number of aryl methyl sites for hydroxylation is 3. The highest BCUT2D eigenvalue weighted by Gasteiger charge is 2.21. The molecule has 0 saturated heterocycles. The topological polar surface area (TPSA) is 32.3 Å². The summed E-state index contributed by atoms with van der Waals surface area (Å²) in [6.07, 6.45) is 0.825. The lowest BCUT2D eigenvalue weighted by molar-refractivity contribution is 0.0383. The zero-order valence-corrected chi connectivity index (χ0v) is 13.3. The molecule has 0 saturated carbocycles. The molecule has 2 N–H and O–H groups in total. The molecule has 1 unspecified atom stereocenters. The molecule has 1 aromatic carbocycles. The van der Waals surface area contributed by atoms with Crippen molar-refractivity contribution in [2.75, 3.05) is 6.54 Å². The van der Waals surface area contributed by atoms with E-state index in [1.807, 2.05) is 6.92 Å². The molecule has 1 atom stereocenters. The van der Waals surface area contributed by atoms with Crippen LogP contribution in [0.15, 0.2) is 12.1 Å². The second kappa shape index (κ2) is 6.53. The molecule has 0 heterocycles. The van der Waals surface area contributed by atoms with Gasteiger partial charge in [-0.15, -0.1) is 0 Å². The summed E-state index contributed by atoms with van der Waals surface area (Å²) >= 11 is 0. The number of rotatable bonds is 6. The minimum atomic E-state index is -0.623. The summed E-state index contributed by atoms with van der Waals surface area (Å²) in [7, 11) is 0. The van der Waals surface area contributed by atoms with Gasteiger partial charge in [0.2, 0.25) is 0 Å². The molecule has 0 amide bonds. The lowest BCUT2D eigenvalue weighted by Crippen LogP contribution is -2.38. The van der Waals surface area contributed by atoms with Gasteiger partial charge in [-0.05, 0) is 62.3 Å². The van der Waals surface area contributed by atoms with E-state index in [9.17, 15) is 5.11 Å². The summed E-state index contributed by atoms with van der Waals surface area (Å²) in [6, 6.07) is 4.48. The molecule has 0 aliphatic carbocycles. The second-order valence-electron chi connectivity index (χ2n) is 6.56. The van der Waals surface area contributed by atoms with Crippen LogP contribution in [0.5, 0.6) is 0 Å². The fourth-order valence-electron chi connectivity index (χ4n) is 2.63. The maximum absolute atomic E-state index is 10.3. The lowest BCUT2D eigenvalue weighted by Gasteiger charge is -2.26. The number of nitrogens with one attached hydrogen (secondary N) is 1. The standard InChI is InChI=1S/C17H29NO/c1-12(2)9-17(6,19)11-18-10-16-8-14(4)13(3)7-15(16)5/h7-8,12,18-19H,9-11H2,1-6H3. The first-order valence-electron chi connectivity index (χ1n) is 7.21. The van der Waals surface area contributed by atoms with Gasteiger partial charge in [-0.3, -0.25) is 0 Å². The predicted octanol–water partition coefficient (Wildman–Crippen LogP) is 3.50. The van der Waals surface area contributed by atoms with Crippen LogP contribution in [0, 0.1) is 26.7 Å². The fourth-order valence-corrected chi connectivity index (χ4v) is 2.63. The van der Waals surface area contributed by atoms with Gasteiger partial charge >= 0.3 is 0 Å². The van der Waals surface area contributed by atoms with E-state index < -0.39 is 5.60 Å². The Morgan fingerprint density at radius 1 is 1.11 bits per heavy atom. The van der Waals surface area contributed by atoms with Gasteiger partial charge in [0, 0.05) is 13.1 Å². The van der Waals surface area contributed by atoms with Crippen LogP contribution in [0.4, 0.5) is 0 Å². The summed E-state index contributed by atoms with van der Waals surface area (Å²) in [5, 5.41) is 13.7. The average Bonchev–Trinajstić information content (AvgIpc) is 2.23. The molecule has 1 aromatic rings. The third-order valence-electron chi connectivity index (χ3n) is 3.62. The Kier molecular flexibility index (Phi) is 5.57. The molecule has 0 spiro atoms. The van der Waals surface area contributed by atoms with Crippen LogP contribution in [0.3, 0.4) is 0 Å². The number of aliphatic hydroxyl groups is 1. The molecular weight excluding hydrogens is 234 g/mol. The van der Waals surface area contributed by atoms with Crippen LogP contribution in [-0.4, -0.2) is 17.3 Å². The highest BCUT2D eigenvalue weighted by atomic mass is 16.3. The summed E-state index contributed by atoms with van der Waals surface area (Å²) in [6.45, 7) is 14.1. The van der Waals surface area contributed by atoms with Gasteiger partial charge < -0.3 is 10.4 Å². The third kappa shape index (κ3) is 5.33. The molecule has 1 rings (SSSR count). The van der Waals surface area contributed by atoms with Gasteiger partial charge in [0.25, 0.3) is 0 Å². The van der Waals surface area contributed by atoms with E-state index in [1.54, 1.807) is 0 Å². The highest BCUT2D eigenvalue weighted by molar-refractivity contribution is 5.36. The first-order chi connectivity index (χ1) is 8.71. The fraction of sp³-hybridized carbons (Fsp3) is 0.647. The second-order valence-corrected chi connectivity index (χ2v) is 6.56. The molecule has 2 heteroatoms. The first kappa shape index (κ1) is 16.2. The van der Waals surface area contributed by atoms with E-state index in [2.05, 4.69) is 52.1 Å². The molecule has 0 bridgehead atoms. The van der Waals surface area contributed by atoms with Gasteiger partial charge in [0.15, 0.2) is 0 Å². The molecule has 108 valence electrons. The van der Waals surface area contributed by atoms with Crippen LogP contribution in [0.25, 0.3) is 0 Å². The Balaban J connectivity index is 2.56. The van der Waals surface area contributed by atoms with Gasteiger partial charge in [0.1, 0.15) is 0 Å². The van der Waals surface area contributed by atoms with E-state index in [0.29, 0.717) is 12.5 Å². The lowest BCUT2D eigenvalue weighted by atomic mass is 9.94. The third-order valence-corrected chi connectivity index (χ3v) is 3.62. The van der Waals surface area contributed by atoms with E-state index in [-0.39, 0.29) is 0 Å².